The molecule has 6 nitrogen and oxygen atoms in total. The minimum atomic E-state index is -0.943. The van der Waals surface area contributed by atoms with E-state index in [1.54, 1.807) is 0 Å². The van der Waals surface area contributed by atoms with Gasteiger partial charge in [-0.25, -0.2) is 14.8 Å². The first kappa shape index (κ1) is 12.5. The first-order chi connectivity index (χ1) is 8.70. The lowest BCUT2D eigenvalue weighted by Crippen LogP contribution is -2.44. The van der Waals surface area contributed by atoms with E-state index in [0.717, 1.165) is 19.3 Å². The molecule has 0 aromatic carbocycles. The fourth-order valence-corrected chi connectivity index (χ4v) is 2.18. The van der Waals surface area contributed by atoms with Gasteiger partial charge in [-0.05, 0) is 12.8 Å². The van der Waals surface area contributed by atoms with Crippen LogP contribution in [0.5, 0.6) is 0 Å². The van der Waals surface area contributed by atoms with E-state index >= 15 is 0 Å². The van der Waals surface area contributed by atoms with Crippen LogP contribution in [-0.2, 0) is 4.79 Å². The molecule has 0 saturated carbocycles. The molecule has 0 bridgehead atoms. The number of aromatic nitrogens is 2. The smallest absolute Gasteiger partial charge is 0.326 e. The van der Waals surface area contributed by atoms with E-state index in [2.05, 4.69) is 9.97 Å². The summed E-state index contributed by atoms with van der Waals surface area (Å²) in [6.45, 7) is 0.477. The first-order valence-electron chi connectivity index (χ1n) is 5.99. The Morgan fingerprint density at radius 3 is 2.61 bits per heavy atom. The van der Waals surface area contributed by atoms with Gasteiger partial charge in [0.1, 0.15) is 12.4 Å². The Labute approximate surface area is 105 Å². The van der Waals surface area contributed by atoms with Crippen molar-refractivity contribution in [2.75, 3.05) is 6.54 Å². The molecule has 1 unspecified atom stereocenters. The molecule has 2 heterocycles. The highest BCUT2D eigenvalue weighted by Gasteiger charge is 2.31. The summed E-state index contributed by atoms with van der Waals surface area (Å²) in [5, 5.41) is 9.20. The largest absolute Gasteiger partial charge is 0.480 e. The number of amides is 1. The number of carbonyl (C=O) groups excluding carboxylic acids is 1. The van der Waals surface area contributed by atoms with Crippen molar-refractivity contribution in [3.63, 3.8) is 0 Å². The number of likely N-dealkylation sites (tertiary alicyclic amines) is 1. The Balaban J connectivity index is 2.22. The predicted molar refractivity (Wildman–Crippen MR) is 63.0 cm³/mol. The number of hydrogen-bond donors (Lipinski definition) is 1. The minimum absolute atomic E-state index is 0.301. The van der Waals surface area contributed by atoms with E-state index in [-0.39, 0.29) is 5.91 Å². The highest BCUT2D eigenvalue weighted by Crippen LogP contribution is 2.19. The van der Waals surface area contributed by atoms with Gasteiger partial charge in [-0.2, -0.15) is 0 Å². The highest BCUT2D eigenvalue weighted by atomic mass is 16.4. The van der Waals surface area contributed by atoms with Crippen LogP contribution in [0.1, 0.15) is 36.0 Å². The van der Waals surface area contributed by atoms with E-state index in [9.17, 15) is 14.7 Å². The van der Waals surface area contributed by atoms with Crippen LogP contribution in [0.15, 0.2) is 18.7 Å². The third-order valence-corrected chi connectivity index (χ3v) is 3.11. The molecule has 1 N–H and O–H groups in total. The van der Waals surface area contributed by atoms with Gasteiger partial charge in [0.2, 0.25) is 0 Å². The van der Waals surface area contributed by atoms with E-state index < -0.39 is 12.0 Å². The molecule has 18 heavy (non-hydrogen) atoms. The molecule has 0 radical (unpaired) electrons. The molecule has 1 aromatic heterocycles. The summed E-state index contributed by atoms with van der Waals surface area (Å²) >= 11 is 0. The molecule has 96 valence electrons. The Morgan fingerprint density at radius 1 is 1.22 bits per heavy atom. The van der Waals surface area contributed by atoms with Crippen LogP contribution >= 0.6 is 0 Å². The molecule has 1 fully saturated rings. The maximum absolute atomic E-state index is 12.2. The molecule has 1 aromatic rings. The van der Waals surface area contributed by atoms with Gasteiger partial charge in [0, 0.05) is 18.9 Å². The lowest BCUT2D eigenvalue weighted by molar-refractivity contribution is -0.142. The zero-order chi connectivity index (χ0) is 13.0. The molecular weight excluding hydrogens is 234 g/mol. The number of aliphatic carboxylic acids is 1. The number of hydrogen-bond acceptors (Lipinski definition) is 4. The molecule has 1 saturated heterocycles. The Hall–Kier alpha value is -1.98. The second-order valence-electron chi connectivity index (χ2n) is 4.33. The quantitative estimate of drug-likeness (QED) is 0.843. The van der Waals surface area contributed by atoms with Crippen molar-refractivity contribution in [1.29, 1.82) is 0 Å². The van der Waals surface area contributed by atoms with Gasteiger partial charge in [-0.1, -0.05) is 12.8 Å². The highest BCUT2D eigenvalue weighted by molar-refractivity contribution is 5.96. The average molecular weight is 249 g/mol. The van der Waals surface area contributed by atoms with Crippen molar-refractivity contribution in [3.05, 3.63) is 24.3 Å². The van der Waals surface area contributed by atoms with E-state index in [1.165, 1.54) is 23.6 Å². The number of carboxylic acids is 1. The zero-order valence-corrected chi connectivity index (χ0v) is 9.95. The second kappa shape index (κ2) is 5.57. The maximum Gasteiger partial charge on any atom is 0.326 e. The summed E-state index contributed by atoms with van der Waals surface area (Å²) in [7, 11) is 0. The van der Waals surface area contributed by atoms with Crippen molar-refractivity contribution < 1.29 is 14.7 Å². The van der Waals surface area contributed by atoms with Crippen molar-refractivity contribution in [2.24, 2.45) is 0 Å². The van der Waals surface area contributed by atoms with Crippen LogP contribution in [0.4, 0.5) is 0 Å². The standard InChI is InChI=1S/C12H15N3O3/c16-11(9-6-13-8-14-7-9)15-5-3-1-2-4-10(15)12(17)18/h6-8,10H,1-5H2,(H,17,18). The minimum Gasteiger partial charge on any atom is -0.480 e. The Kier molecular flexibility index (Phi) is 3.86. The van der Waals surface area contributed by atoms with Gasteiger partial charge < -0.3 is 10.0 Å². The summed E-state index contributed by atoms with van der Waals surface area (Å²) < 4.78 is 0. The van der Waals surface area contributed by atoms with Crippen LogP contribution in [0, 0.1) is 0 Å². The SMILES string of the molecule is O=C(O)C1CCCCCN1C(=O)c1cncnc1. The topological polar surface area (TPSA) is 83.4 Å². The van der Waals surface area contributed by atoms with Gasteiger partial charge in [0.15, 0.2) is 0 Å². The lowest BCUT2D eigenvalue weighted by Gasteiger charge is -2.26. The van der Waals surface area contributed by atoms with Gasteiger partial charge in [-0.15, -0.1) is 0 Å². The fraction of sp³-hybridized carbons (Fsp3) is 0.500. The van der Waals surface area contributed by atoms with Crippen molar-refractivity contribution in [2.45, 2.75) is 31.7 Å². The first-order valence-corrected chi connectivity index (χ1v) is 5.99. The predicted octanol–water partition coefficient (Wildman–Crippen LogP) is 0.946. The Bertz CT molecular complexity index is 435. The van der Waals surface area contributed by atoms with E-state index in [4.69, 9.17) is 0 Å². The monoisotopic (exact) mass is 249 g/mol. The molecule has 0 spiro atoms. The summed E-state index contributed by atoms with van der Waals surface area (Å²) in [6, 6.07) is -0.736. The summed E-state index contributed by atoms with van der Waals surface area (Å²) in [4.78, 5) is 32.5. The van der Waals surface area contributed by atoms with E-state index in [0.29, 0.717) is 18.5 Å². The number of nitrogens with zero attached hydrogens (tertiary/aromatic N) is 3. The zero-order valence-electron chi connectivity index (χ0n) is 9.95. The van der Waals surface area contributed by atoms with Crippen molar-refractivity contribution in [1.82, 2.24) is 14.9 Å². The number of carbonyl (C=O) groups is 2. The Morgan fingerprint density at radius 2 is 1.94 bits per heavy atom. The molecule has 6 heteroatoms. The average Bonchev–Trinajstić information content (AvgIpc) is 2.64. The molecule has 1 atom stereocenters. The molecule has 1 aliphatic heterocycles. The van der Waals surface area contributed by atoms with Crippen molar-refractivity contribution >= 4 is 11.9 Å². The fourth-order valence-electron chi connectivity index (χ4n) is 2.18. The van der Waals surface area contributed by atoms with Crippen LogP contribution in [0.25, 0.3) is 0 Å². The van der Waals surface area contributed by atoms with Crippen LogP contribution < -0.4 is 0 Å². The summed E-state index contributed by atoms with van der Waals surface area (Å²) in [6.07, 6.45) is 7.31. The van der Waals surface area contributed by atoms with Gasteiger partial charge in [0.25, 0.3) is 5.91 Å². The van der Waals surface area contributed by atoms with Crippen molar-refractivity contribution in [3.8, 4) is 0 Å². The third-order valence-electron chi connectivity index (χ3n) is 3.11. The summed E-state index contributed by atoms with van der Waals surface area (Å²) in [5.41, 5.74) is 0.339. The molecule has 1 amide bonds. The molecule has 0 aliphatic carbocycles. The summed E-state index contributed by atoms with van der Waals surface area (Å²) in [5.74, 6) is -1.24. The van der Waals surface area contributed by atoms with Gasteiger partial charge in [0.05, 0.1) is 5.56 Å². The molecular formula is C12H15N3O3. The molecule has 2 rings (SSSR count). The number of carboxylic acid groups (broad SMARTS) is 1. The van der Waals surface area contributed by atoms with E-state index in [1.807, 2.05) is 0 Å². The number of rotatable bonds is 2. The lowest BCUT2D eigenvalue weighted by atomic mass is 10.1. The van der Waals surface area contributed by atoms with Crippen LogP contribution in [-0.4, -0.2) is 44.4 Å². The maximum atomic E-state index is 12.2. The van der Waals surface area contributed by atoms with Crippen LogP contribution in [0.2, 0.25) is 0 Å². The molecule has 1 aliphatic rings. The van der Waals surface area contributed by atoms with Gasteiger partial charge in [-0.3, -0.25) is 4.79 Å². The normalized spacial score (nSPS) is 20.2. The van der Waals surface area contributed by atoms with Gasteiger partial charge >= 0.3 is 5.97 Å². The second-order valence-corrected chi connectivity index (χ2v) is 4.33. The van der Waals surface area contributed by atoms with Crippen LogP contribution in [0.3, 0.4) is 0 Å². The third kappa shape index (κ3) is 2.64.